The minimum absolute atomic E-state index is 0.137. The van der Waals surface area contributed by atoms with E-state index >= 15 is 0 Å². The molecule has 0 aliphatic carbocycles. The van der Waals surface area contributed by atoms with Crippen molar-refractivity contribution in [2.75, 3.05) is 13.1 Å². The summed E-state index contributed by atoms with van der Waals surface area (Å²) in [6.45, 7) is 5.69. The number of hydrogen-bond donors (Lipinski definition) is 1. The lowest BCUT2D eigenvalue weighted by atomic mass is 9.87. The maximum absolute atomic E-state index is 13.0. The van der Waals surface area contributed by atoms with Crippen LogP contribution in [0.25, 0.3) is 0 Å². The largest absolute Gasteiger partial charge is 0.388 e. The van der Waals surface area contributed by atoms with Crippen molar-refractivity contribution in [3.8, 4) is 0 Å². The molecule has 1 aliphatic heterocycles. The summed E-state index contributed by atoms with van der Waals surface area (Å²) < 4.78 is 13.0. The van der Waals surface area contributed by atoms with Crippen LogP contribution in [0, 0.1) is 17.7 Å². The zero-order chi connectivity index (χ0) is 16.8. The van der Waals surface area contributed by atoms with E-state index in [1.54, 1.807) is 12.1 Å². The molecule has 1 aromatic rings. The third-order valence-electron chi connectivity index (χ3n) is 4.85. The van der Waals surface area contributed by atoms with E-state index in [0.717, 1.165) is 31.2 Å². The third-order valence-corrected chi connectivity index (χ3v) is 4.85. The quantitative estimate of drug-likeness (QED) is 0.862. The fourth-order valence-corrected chi connectivity index (χ4v) is 3.42. The molecular weight excluding hydrogens is 293 g/mol. The molecule has 0 radical (unpaired) electrons. The highest BCUT2D eigenvalue weighted by Gasteiger charge is 2.28. The average molecular weight is 321 g/mol. The molecule has 0 bridgehead atoms. The number of piperidine rings is 1. The number of hydrogen-bond acceptors (Lipinski definition) is 2. The molecule has 0 aromatic heterocycles. The lowest BCUT2D eigenvalue weighted by Crippen LogP contribution is -2.40. The van der Waals surface area contributed by atoms with Gasteiger partial charge in [-0.1, -0.05) is 38.8 Å². The number of nitrogens with zero attached hydrogens (tertiary/aromatic N) is 1. The second-order valence-corrected chi connectivity index (χ2v) is 6.81. The predicted molar refractivity (Wildman–Crippen MR) is 89.4 cm³/mol. The molecule has 1 aromatic carbocycles. The highest BCUT2D eigenvalue weighted by Crippen LogP contribution is 2.31. The van der Waals surface area contributed by atoms with Gasteiger partial charge in [-0.2, -0.15) is 0 Å². The first-order valence-electron chi connectivity index (χ1n) is 8.72. The molecule has 0 saturated carbocycles. The van der Waals surface area contributed by atoms with Crippen molar-refractivity contribution in [2.45, 2.75) is 52.1 Å². The molecule has 2 atom stereocenters. The standard InChI is InChI=1S/C19H28FNO2/c1-3-4-14(2)13-18(22)21-11-9-16(10-12-21)19(23)15-5-7-17(20)8-6-15/h5-8,14,16,19,23H,3-4,9-13H2,1-2H3. The maximum atomic E-state index is 13.0. The average Bonchev–Trinajstić information content (AvgIpc) is 2.55. The topological polar surface area (TPSA) is 40.5 Å². The van der Waals surface area contributed by atoms with Crippen LogP contribution in [0.1, 0.15) is 57.6 Å². The number of carbonyl (C=O) groups is 1. The molecule has 1 fully saturated rings. The Bertz CT molecular complexity index is 495. The summed E-state index contributed by atoms with van der Waals surface area (Å²) >= 11 is 0. The van der Waals surface area contributed by atoms with Gasteiger partial charge in [-0.25, -0.2) is 4.39 Å². The molecule has 1 saturated heterocycles. The Morgan fingerprint density at radius 1 is 1.30 bits per heavy atom. The lowest BCUT2D eigenvalue weighted by molar-refractivity contribution is -0.134. The predicted octanol–water partition coefficient (Wildman–Crippen LogP) is 3.92. The molecule has 2 rings (SSSR count). The van der Waals surface area contributed by atoms with Crippen LogP contribution in [0.4, 0.5) is 4.39 Å². The van der Waals surface area contributed by atoms with Crippen LogP contribution in [0.2, 0.25) is 0 Å². The smallest absolute Gasteiger partial charge is 0.222 e. The number of likely N-dealkylation sites (tertiary alicyclic amines) is 1. The summed E-state index contributed by atoms with van der Waals surface area (Å²) in [5, 5.41) is 10.5. The minimum Gasteiger partial charge on any atom is -0.388 e. The van der Waals surface area contributed by atoms with E-state index in [0.29, 0.717) is 25.4 Å². The summed E-state index contributed by atoms with van der Waals surface area (Å²) in [6.07, 6.45) is 3.84. The molecule has 23 heavy (non-hydrogen) atoms. The van der Waals surface area contributed by atoms with Gasteiger partial charge in [-0.15, -0.1) is 0 Å². The van der Waals surface area contributed by atoms with Crippen LogP contribution in [0.3, 0.4) is 0 Å². The lowest BCUT2D eigenvalue weighted by Gasteiger charge is -2.35. The minimum atomic E-state index is -0.577. The van der Waals surface area contributed by atoms with Crippen LogP contribution < -0.4 is 0 Å². The SMILES string of the molecule is CCCC(C)CC(=O)N1CCC(C(O)c2ccc(F)cc2)CC1. The van der Waals surface area contributed by atoms with Crippen molar-refractivity contribution < 1.29 is 14.3 Å². The number of rotatable bonds is 6. The van der Waals surface area contributed by atoms with Crippen LogP contribution >= 0.6 is 0 Å². The molecule has 3 nitrogen and oxygen atoms in total. The number of aliphatic hydroxyl groups is 1. The Morgan fingerprint density at radius 2 is 1.91 bits per heavy atom. The molecule has 1 heterocycles. The van der Waals surface area contributed by atoms with Crippen molar-refractivity contribution in [1.29, 1.82) is 0 Å². The fraction of sp³-hybridized carbons (Fsp3) is 0.632. The number of carbonyl (C=O) groups excluding carboxylic acids is 1. The van der Waals surface area contributed by atoms with E-state index in [4.69, 9.17) is 0 Å². The summed E-state index contributed by atoms with van der Waals surface area (Å²) in [4.78, 5) is 14.2. The van der Waals surface area contributed by atoms with E-state index in [2.05, 4.69) is 13.8 Å². The van der Waals surface area contributed by atoms with Gasteiger partial charge in [-0.3, -0.25) is 4.79 Å². The maximum Gasteiger partial charge on any atom is 0.222 e. The van der Waals surface area contributed by atoms with E-state index in [9.17, 15) is 14.3 Å². The first-order valence-corrected chi connectivity index (χ1v) is 8.72. The monoisotopic (exact) mass is 321 g/mol. The number of halogens is 1. The Balaban J connectivity index is 1.83. The first kappa shape index (κ1) is 17.9. The van der Waals surface area contributed by atoms with Crippen LogP contribution in [-0.4, -0.2) is 29.0 Å². The van der Waals surface area contributed by atoms with Crippen molar-refractivity contribution >= 4 is 5.91 Å². The summed E-state index contributed by atoms with van der Waals surface area (Å²) in [5.41, 5.74) is 0.757. The highest BCUT2D eigenvalue weighted by atomic mass is 19.1. The molecule has 1 amide bonds. The normalized spacial score (nSPS) is 18.7. The van der Waals surface area contributed by atoms with Crippen molar-refractivity contribution in [2.24, 2.45) is 11.8 Å². The molecular formula is C19H28FNO2. The molecule has 0 spiro atoms. The van der Waals surface area contributed by atoms with Gasteiger partial charge < -0.3 is 10.0 Å². The summed E-state index contributed by atoms with van der Waals surface area (Å²) in [7, 11) is 0. The van der Waals surface area contributed by atoms with Crippen molar-refractivity contribution in [3.05, 3.63) is 35.6 Å². The van der Waals surface area contributed by atoms with Gasteiger partial charge in [0.2, 0.25) is 5.91 Å². The number of amides is 1. The van der Waals surface area contributed by atoms with E-state index in [1.165, 1.54) is 12.1 Å². The van der Waals surface area contributed by atoms with E-state index in [-0.39, 0.29) is 17.6 Å². The molecule has 1 N–H and O–H groups in total. The van der Waals surface area contributed by atoms with Crippen LogP contribution in [0.5, 0.6) is 0 Å². The van der Waals surface area contributed by atoms with Crippen molar-refractivity contribution in [1.82, 2.24) is 4.90 Å². The van der Waals surface area contributed by atoms with Gasteiger partial charge in [0.25, 0.3) is 0 Å². The van der Waals surface area contributed by atoms with Crippen LogP contribution in [0.15, 0.2) is 24.3 Å². The molecule has 4 heteroatoms. The fourth-order valence-electron chi connectivity index (χ4n) is 3.42. The van der Waals surface area contributed by atoms with Gasteiger partial charge in [-0.05, 0) is 42.4 Å². The Hall–Kier alpha value is -1.42. The Labute approximate surface area is 138 Å². The Morgan fingerprint density at radius 3 is 2.48 bits per heavy atom. The first-order chi connectivity index (χ1) is 11.0. The zero-order valence-electron chi connectivity index (χ0n) is 14.2. The van der Waals surface area contributed by atoms with Gasteiger partial charge in [0.15, 0.2) is 0 Å². The second kappa shape index (κ2) is 8.44. The summed E-state index contributed by atoms with van der Waals surface area (Å²) in [5.74, 6) is 0.524. The molecule has 2 unspecified atom stereocenters. The van der Waals surface area contributed by atoms with Gasteiger partial charge >= 0.3 is 0 Å². The van der Waals surface area contributed by atoms with Gasteiger partial charge in [0.05, 0.1) is 6.10 Å². The summed E-state index contributed by atoms with van der Waals surface area (Å²) in [6, 6.07) is 6.05. The van der Waals surface area contributed by atoms with E-state index in [1.807, 2.05) is 4.90 Å². The molecule has 1 aliphatic rings. The van der Waals surface area contributed by atoms with Crippen molar-refractivity contribution in [3.63, 3.8) is 0 Å². The van der Waals surface area contributed by atoms with Crippen LogP contribution in [-0.2, 0) is 4.79 Å². The second-order valence-electron chi connectivity index (χ2n) is 6.81. The Kier molecular flexibility index (Phi) is 6.58. The van der Waals surface area contributed by atoms with Gasteiger partial charge in [0.1, 0.15) is 5.82 Å². The highest BCUT2D eigenvalue weighted by molar-refractivity contribution is 5.76. The van der Waals surface area contributed by atoms with E-state index < -0.39 is 6.10 Å². The molecule has 128 valence electrons. The number of benzene rings is 1. The third kappa shape index (κ3) is 5.03. The zero-order valence-corrected chi connectivity index (χ0v) is 14.2. The van der Waals surface area contributed by atoms with Gasteiger partial charge in [0, 0.05) is 19.5 Å². The number of aliphatic hydroxyl groups excluding tert-OH is 1.